The van der Waals surface area contributed by atoms with E-state index < -0.39 is 10.0 Å². The molecule has 0 aliphatic heterocycles. The van der Waals surface area contributed by atoms with Crippen LogP contribution in [0.5, 0.6) is 11.5 Å². The van der Waals surface area contributed by atoms with Gasteiger partial charge in [0.15, 0.2) is 0 Å². The first-order chi connectivity index (χ1) is 12.8. The van der Waals surface area contributed by atoms with Crippen molar-refractivity contribution < 1.29 is 22.7 Å². The van der Waals surface area contributed by atoms with E-state index in [1.165, 1.54) is 14.2 Å². The Morgan fingerprint density at radius 2 is 1.59 bits per heavy atom. The van der Waals surface area contributed by atoms with E-state index in [1.54, 1.807) is 37.3 Å². The monoisotopic (exact) mass is 392 g/mol. The Morgan fingerprint density at radius 3 is 2.19 bits per heavy atom. The molecule has 0 bridgehead atoms. The molecule has 0 atom stereocenters. The third-order valence-electron chi connectivity index (χ3n) is 3.95. The third-order valence-corrected chi connectivity index (χ3v) is 5.55. The molecule has 0 fully saturated rings. The van der Waals surface area contributed by atoms with Gasteiger partial charge in [-0.1, -0.05) is 12.1 Å². The van der Waals surface area contributed by atoms with Crippen LogP contribution in [0.2, 0.25) is 0 Å². The largest absolute Gasteiger partial charge is 0.497 e. The van der Waals surface area contributed by atoms with Crippen molar-refractivity contribution in [3.05, 3.63) is 53.1 Å². The number of amides is 1. The first-order valence-corrected chi connectivity index (χ1v) is 9.83. The number of benzene rings is 2. The second kappa shape index (κ2) is 8.88. The van der Waals surface area contributed by atoms with Gasteiger partial charge in [0.2, 0.25) is 10.0 Å². The van der Waals surface area contributed by atoms with Crippen LogP contribution in [0.15, 0.2) is 41.3 Å². The van der Waals surface area contributed by atoms with E-state index in [0.29, 0.717) is 22.6 Å². The lowest BCUT2D eigenvalue weighted by atomic mass is 10.2. The zero-order valence-electron chi connectivity index (χ0n) is 15.8. The molecule has 0 unspecified atom stereocenters. The molecule has 8 heteroatoms. The lowest BCUT2D eigenvalue weighted by Crippen LogP contribution is -2.35. The summed E-state index contributed by atoms with van der Waals surface area (Å²) in [5.41, 5.74) is 1.89. The summed E-state index contributed by atoms with van der Waals surface area (Å²) in [7, 11) is -0.642. The molecule has 0 saturated carbocycles. The van der Waals surface area contributed by atoms with Crippen molar-refractivity contribution in [2.45, 2.75) is 18.7 Å². The van der Waals surface area contributed by atoms with Gasteiger partial charge in [0.1, 0.15) is 11.5 Å². The standard InChI is InChI=1S/C19H24N2O5S/c1-13-5-6-14(2)18(9-13)27(23,24)21-8-7-20-19(22)15-10-16(25-3)12-17(11-15)26-4/h5-6,9-12,21H,7-8H2,1-4H3,(H,20,22). The lowest BCUT2D eigenvalue weighted by Gasteiger charge is -2.11. The molecular formula is C19H24N2O5S. The highest BCUT2D eigenvalue weighted by Gasteiger charge is 2.16. The maximum atomic E-state index is 12.4. The fourth-order valence-electron chi connectivity index (χ4n) is 2.48. The predicted molar refractivity (Wildman–Crippen MR) is 103 cm³/mol. The summed E-state index contributed by atoms with van der Waals surface area (Å²) in [5.74, 6) is 0.642. The highest BCUT2D eigenvalue weighted by atomic mass is 32.2. The minimum atomic E-state index is -3.64. The van der Waals surface area contributed by atoms with Gasteiger partial charge in [0, 0.05) is 24.7 Å². The smallest absolute Gasteiger partial charge is 0.251 e. The summed E-state index contributed by atoms with van der Waals surface area (Å²) in [6.07, 6.45) is 0. The Bertz CT molecular complexity index is 903. The Morgan fingerprint density at radius 1 is 0.963 bits per heavy atom. The molecule has 0 saturated heterocycles. The van der Waals surface area contributed by atoms with Crippen LogP contribution < -0.4 is 19.5 Å². The van der Waals surface area contributed by atoms with E-state index in [9.17, 15) is 13.2 Å². The van der Waals surface area contributed by atoms with Gasteiger partial charge in [-0.15, -0.1) is 0 Å². The van der Waals surface area contributed by atoms with E-state index in [2.05, 4.69) is 10.0 Å². The lowest BCUT2D eigenvalue weighted by molar-refractivity contribution is 0.0953. The van der Waals surface area contributed by atoms with Crippen molar-refractivity contribution in [2.75, 3.05) is 27.3 Å². The zero-order chi connectivity index (χ0) is 20.0. The average molecular weight is 392 g/mol. The number of ether oxygens (including phenoxy) is 2. The first-order valence-electron chi connectivity index (χ1n) is 8.35. The third kappa shape index (κ3) is 5.45. The molecule has 7 nitrogen and oxygen atoms in total. The molecule has 0 aromatic heterocycles. The molecule has 2 aromatic rings. The van der Waals surface area contributed by atoms with Gasteiger partial charge >= 0.3 is 0 Å². The minimum Gasteiger partial charge on any atom is -0.497 e. The van der Waals surface area contributed by atoms with Gasteiger partial charge in [-0.25, -0.2) is 13.1 Å². The molecule has 0 spiro atoms. The number of hydrogen-bond acceptors (Lipinski definition) is 5. The molecule has 2 rings (SSSR count). The fraction of sp³-hybridized carbons (Fsp3) is 0.316. The van der Waals surface area contributed by atoms with Gasteiger partial charge in [-0.3, -0.25) is 4.79 Å². The SMILES string of the molecule is COc1cc(OC)cc(C(=O)NCCNS(=O)(=O)c2cc(C)ccc2C)c1. The Hall–Kier alpha value is -2.58. The van der Waals surface area contributed by atoms with Crippen molar-refractivity contribution in [3.63, 3.8) is 0 Å². The van der Waals surface area contributed by atoms with E-state index in [4.69, 9.17) is 9.47 Å². The molecule has 27 heavy (non-hydrogen) atoms. The molecule has 1 amide bonds. The Balaban J connectivity index is 1.96. The van der Waals surface area contributed by atoms with Gasteiger partial charge in [-0.05, 0) is 43.2 Å². The van der Waals surface area contributed by atoms with Gasteiger partial charge < -0.3 is 14.8 Å². The molecule has 2 N–H and O–H groups in total. The van der Waals surface area contributed by atoms with Crippen LogP contribution in [0.25, 0.3) is 0 Å². The summed E-state index contributed by atoms with van der Waals surface area (Å²) in [6.45, 7) is 3.79. The summed E-state index contributed by atoms with van der Waals surface area (Å²) >= 11 is 0. The summed E-state index contributed by atoms with van der Waals surface area (Å²) < 4.78 is 37.6. The van der Waals surface area contributed by atoms with E-state index in [1.807, 2.05) is 13.0 Å². The van der Waals surface area contributed by atoms with Gasteiger partial charge in [-0.2, -0.15) is 0 Å². The minimum absolute atomic E-state index is 0.0720. The van der Waals surface area contributed by atoms with Crippen LogP contribution in [-0.2, 0) is 10.0 Å². The van der Waals surface area contributed by atoms with Gasteiger partial charge in [0.25, 0.3) is 5.91 Å². The van der Waals surface area contributed by atoms with Crippen molar-refractivity contribution >= 4 is 15.9 Å². The predicted octanol–water partition coefficient (Wildman–Crippen LogP) is 2.03. The number of rotatable bonds is 8. The van der Waals surface area contributed by atoms with E-state index in [-0.39, 0.29) is 23.9 Å². The summed E-state index contributed by atoms with van der Waals surface area (Å²) in [4.78, 5) is 12.5. The number of methoxy groups -OCH3 is 2. The first kappa shape index (κ1) is 20.7. The maximum absolute atomic E-state index is 12.4. The number of hydrogen-bond donors (Lipinski definition) is 2. The van der Waals surface area contributed by atoms with Gasteiger partial charge in [0.05, 0.1) is 19.1 Å². The highest BCUT2D eigenvalue weighted by Crippen LogP contribution is 2.22. The van der Waals surface area contributed by atoms with Crippen molar-refractivity contribution in [3.8, 4) is 11.5 Å². The van der Waals surface area contributed by atoms with E-state index >= 15 is 0 Å². The number of nitrogens with one attached hydrogen (secondary N) is 2. The van der Waals surface area contributed by atoms with Crippen molar-refractivity contribution in [1.29, 1.82) is 0 Å². The number of carbonyl (C=O) groups is 1. The zero-order valence-corrected chi connectivity index (χ0v) is 16.6. The van der Waals surface area contributed by atoms with Crippen LogP contribution in [0.4, 0.5) is 0 Å². The number of sulfonamides is 1. The molecular weight excluding hydrogens is 368 g/mol. The van der Waals surface area contributed by atoms with Crippen molar-refractivity contribution in [1.82, 2.24) is 10.0 Å². The van der Waals surface area contributed by atoms with Crippen LogP contribution in [0, 0.1) is 13.8 Å². The average Bonchev–Trinajstić information content (AvgIpc) is 2.66. The summed E-state index contributed by atoms with van der Waals surface area (Å²) in [6, 6.07) is 10.1. The molecule has 0 aliphatic rings. The fourth-order valence-corrected chi connectivity index (χ4v) is 3.84. The quantitative estimate of drug-likeness (QED) is 0.671. The molecule has 2 aromatic carbocycles. The topological polar surface area (TPSA) is 93.7 Å². The summed E-state index contributed by atoms with van der Waals surface area (Å²) in [5, 5.41) is 2.67. The molecule has 0 radical (unpaired) electrons. The Labute approximate surface area is 159 Å². The van der Waals surface area contributed by atoms with Crippen LogP contribution in [0.3, 0.4) is 0 Å². The van der Waals surface area contributed by atoms with Crippen LogP contribution >= 0.6 is 0 Å². The Kier molecular flexibility index (Phi) is 6.81. The second-order valence-corrected chi connectivity index (χ2v) is 7.76. The highest BCUT2D eigenvalue weighted by molar-refractivity contribution is 7.89. The van der Waals surface area contributed by atoms with Crippen LogP contribution in [-0.4, -0.2) is 41.6 Å². The normalized spacial score (nSPS) is 11.1. The number of carbonyl (C=O) groups excluding carboxylic acids is 1. The molecule has 0 aliphatic carbocycles. The van der Waals surface area contributed by atoms with Crippen molar-refractivity contribution in [2.24, 2.45) is 0 Å². The second-order valence-electron chi connectivity index (χ2n) is 6.02. The van der Waals surface area contributed by atoms with Crippen LogP contribution in [0.1, 0.15) is 21.5 Å². The van der Waals surface area contributed by atoms with E-state index in [0.717, 1.165) is 5.56 Å². The maximum Gasteiger partial charge on any atom is 0.251 e. The molecule has 0 heterocycles. The molecule has 146 valence electrons. The number of aryl methyl sites for hydroxylation is 2.